The van der Waals surface area contributed by atoms with Gasteiger partial charge in [0, 0.05) is 36.3 Å². The van der Waals surface area contributed by atoms with Gasteiger partial charge in [0.1, 0.15) is 12.4 Å². The van der Waals surface area contributed by atoms with Crippen molar-refractivity contribution in [3.63, 3.8) is 0 Å². The number of nitrogens with zero attached hydrogens (tertiary/aromatic N) is 4. The lowest BCUT2D eigenvalue weighted by Gasteiger charge is -2.28. The van der Waals surface area contributed by atoms with Gasteiger partial charge in [-0.1, -0.05) is 48.0 Å². The van der Waals surface area contributed by atoms with Gasteiger partial charge in [0.25, 0.3) is 0 Å². The molecule has 1 aliphatic rings. The number of anilines is 2. The van der Waals surface area contributed by atoms with Gasteiger partial charge in [0.2, 0.25) is 11.8 Å². The number of carbonyl (C=O) groups excluding carboxylic acids is 2. The molecule has 184 valence electrons. The molecule has 1 atom stereocenters. The van der Waals surface area contributed by atoms with Crippen LogP contribution < -0.4 is 9.80 Å². The second-order valence-corrected chi connectivity index (χ2v) is 9.93. The number of para-hydroxylation sites is 3. The van der Waals surface area contributed by atoms with Crippen molar-refractivity contribution in [2.75, 3.05) is 16.3 Å². The molecule has 0 saturated carbocycles. The van der Waals surface area contributed by atoms with E-state index in [1.54, 1.807) is 0 Å². The lowest BCUT2D eigenvalue weighted by molar-refractivity contribution is -0.119. The van der Waals surface area contributed by atoms with Crippen molar-refractivity contribution in [3.05, 3.63) is 89.7 Å². The highest BCUT2D eigenvalue weighted by Crippen LogP contribution is 2.35. The van der Waals surface area contributed by atoms with Crippen molar-refractivity contribution in [2.24, 2.45) is 0 Å². The Labute approximate surface area is 212 Å². The van der Waals surface area contributed by atoms with Crippen molar-refractivity contribution in [2.45, 2.75) is 52.6 Å². The Morgan fingerprint density at radius 2 is 1.75 bits per heavy atom. The maximum atomic E-state index is 13.7. The van der Waals surface area contributed by atoms with Crippen LogP contribution in [0.25, 0.3) is 11.0 Å². The molecule has 6 heteroatoms. The second kappa shape index (κ2) is 9.61. The zero-order valence-electron chi connectivity index (χ0n) is 21.3. The first-order chi connectivity index (χ1) is 17.3. The van der Waals surface area contributed by atoms with Gasteiger partial charge in [0.05, 0.1) is 11.0 Å². The normalized spacial score (nSPS) is 15.8. The molecule has 1 aliphatic heterocycles. The SMILES string of the molecule is Cc1ccc(N2C[C@H](c3nc4ccccc4n3CC(=O)N(c3ccccc3)C(C)C)CC2=O)c(C)c1. The lowest BCUT2D eigenvalue weighted by Crippen LogP contribution is -2.39. The number of aryl methyl sites for hydroxylation is 2. The van der Waals surface area contributed by atoms with Gasteiger partial charge in [-0.25, -0.2) is 4.98 Å². The molecule has 1 fully saturated rings. The second-order valence-electron chi connectivity index (χ2n) is 9.93. The van der Waals surface area contributed by atoms with Crippen LogP contribution in [0.1, 0.15) is 43.1 Å². The third-order valence-electron chi connectivity index (χ3n) is 6.93. The zero-order valence-corrected chi connectivity index (χ0v) is 21.3. The average Bonchev–Trinajstić information content (AvgIpc) is 3.40. The van der Waals surface area contributed by atoms with Crippen molar-refractivity contribution >= 4 is 34.2 Å². The molecule has 0 aliphatic carbocycles. The fourth-order valence-electron chi connectivity index (χ4n) is 5.32. The topological polar surface area (TPSA) is 58.4 Å². The predicted molar refractivity (Wildman–Crippen MR) is 144 cm³/mol. The summed E-state index contributed by atoms with van der Waals surface area (Å²) >= 11 is 0. The molecule has 2 amide bonds. The quantitative estimate of drug-likeness (QED) is 0.360. The molecule has 2 heterocycles. The number of hydrogen-bond acceptors (Lipinski definition) is 3. The Balaban J connectivity index is 1.50. The number of amides is 2. The Bertz CT molecular complexity index is 1420. The Morgan fingerprint density at radius 1 is 1.03 bits per heavy atom. The largest absolute Gasteiger partial charge is 0.318 e. The summed E-state index contributed by atoms with van der Waals surface area (Å²) < 4.78 is 2.01. The first kappa shape index (κ1) is 23.8. The van der Waals surface area contributed by atoms with E-state index in [0.29, 0.717) is 13.0 Å². The third-order valence-corrected chi connectivity index (χ3v) is 6.93. The number of aromatic nitrogens is 2. The van der Waals surface area contributed by atoms with Crippen LogP contribution in [-0.2, 0) is 16.1 Å². The van der Waals surface area contributed by atoms with E-state index in [9.17, 15) is 9.59 Å². The van der Waals surface area contributed by atoms with Gasteiger partial charge in [0.15, 0.2) is 0 Å². The molecular formula is C30H32N4O2. The molecule has 0 bridgehead atoms. The highest BCUT2D eigenvalue weighted by Gasteiger charge is 2.36. The van der Waals surface area contributed by atoms with Gasteiger partial charge in [-0.15, -0.1) is 0 Å². The highest BCUT2D eigenvalue weighted by atomic mass is 16.2. The van der Waals surface area contributed by atoms with Crippen LogP contribution in [0.15, 0.2) is 72.8 Å². The zero-order chi connectivity index (χ0) is 25.4. The van der Waals surface area contributed by atoms with Crippen molar-refractivity contribution in [3.8, 4) is 0 Å². The van der Waals surface area contributed by atoms with Gasteiger partial charge >= 0.3 is 0 Å². The van der Waals surface area contributed by atoms with E-state index in [0.717, 1.165) is 33.8 Å². The molecule has 1 aromatic heterocycles. The fourth-order valence-corrected chi connectivity index (χ4v) is 5.32. The van der Waals surface area contributed by atoms with Crippen LogP contribution in [0, 0.1) is 13.8 Å². The number of benzene rings is 3. The summed E-state index contributed by atoms with van der Waals surface area (Å²) in [6, 6.07) is 23.8. The van der Waals surface area contributed by atoms with Crippen LogP contribution in [0.4, 0.5) is 11.4 Å². The third kappa shape index (κ3) is 4.39. The van der Waals surface area contributed by atoms with Gasteiger partial charge in [-0.3, -0.25) is 9.59 Å². The monoisotopic (exact) mass is 480 g/mol. The fraction of sp³-hybridized carbons (Fsp3) is 0.300. The number of fused-ring (bicyclic) bond motifs is 1. The van der Waals surface area contributed by atoms with E-state index in [-0.39, 0.29) is 30.3 Å². The van der Waals surface area contributed by atoms with Crippen LogP contribution in [0.5, 0.6) is 0 Å². The van der Waals surface area contributed by atoms with Crippen molar-refractivity contribution in [1.29, 1.82) is 0 Å². The minimum atomic E-state index is -0.0948. The number of rotatable bonds is 6. The molecule has 4 aromatic rings. The van der Waals surface area contributed by atoms with Crippen LogP contribution in [-0.4, -0.2) is 34.0 Å². The maximum absolute atomic E-state index is 13.7. The minimum Gasteiger partial charge on any atom is -0.318 e. The molecule has 0 unspecified atom stereocenters. The molecule has 3 aromatic carbocycles. The molecule has 1 saturated heterocycles. The summed E-state index contributed by atoms with van der Waals surface area (Å²) in [6.45, 7) is 8.86. The van der Waals surface area contributed by atoms with Crippen molar-refractivity contribution < 1.29 is 9.59 Å². The average molecular weight is 481 g/mol. The van der Waals surface area contributed by atoms with E-state index in [2.05, 4.69) is 13.0 Å². The van der Waals surface area contributed by atoms with E-state index < -0.39 is 0 Å². The maximum Gasteiger partial charge on any atom is 0.247 e. The number of carbonyl (C=O) groups is 2. The standard InChI is InChI=1S/C30H32N4O2/c1-20(2)34(24-10-6-5-7-11-24)29(36)19-33-27-13-9-8-12-25(27)31-30(33)23-17-28(35)32(18-23)26-15-14-21(3)16-22(26)4/h5-16,20,23H,17-19H2,1-4H3/t23-/m1/s1. The summed E-state index contributed by atoms with van der Waals surface area (Å²) in [7, 11) is 0. The predicted octanol–water partition coefficient (Wildman–Crippen LogP) is 5.62. The Hall–Kier alpha value is -3.93. The molecule has 0 N–H and O–H groups in total. The summed E-state index contributed by atoms with van der Waals surface area (Å²) in [5, 5.41) is 0. The minimum absolute atomic E-state index is 0.00355. The number of imidazole rings is 1. The molecule has 36 heavy (non-hydrogen) atoms. The van der Waals surface area contributed by atoms with Gasteiger partial charge in [-0.2, -0.15) is 0 Å². The molecular weight excluding hydrogens is 448 g/mol. The highest BCUT2D eigenvalue weighted by molar-refractivity contribution is 5.97. The van der Waals surface area contributed by atoms with Crippen LogP contribution >= 0.6 is 0 Å². The van der Waals surface area contributed by atoms with Crippen LogP contribution in [0.3, 0.4) is 0 Å². The van der Waals surface area contributed by atoms with Gasteiger partial charge in [-0.05, 0) is 63.6 Å². The molecule has 6 nitrogen and oxygen atoms in total. The Morgan fingerprint density at radius 3 is 2.47 bits per heavy atom. The summed E-state index contributed by atoms with van der Waals surface area (Å²) in [4.78, 5) is 35.5. The number of hydrogen-bond donors (Lipinski definition) is 0. The van der Waals surface area contributed by atoms with E-state index in [1.807, 2.05) is 102 Å². The molecule has 5 rings (SSSR count). The van der Waals surface area contributed by atoms with E-state index in [1.165, 1.54) is 5.56 Å². The van der Waals surface area contributed by atoms with E-state index in [4.69, 9.17) is 4.98 Å². The smallest absolute Gasteiger partial charge is 0.247 e. The lowest BCUT2D eigenvalue weighted by atomic mass is 10.1. The summed E-state index contributed by atoms with van der Waals surface area (Å²) in [6.07, 6.45) is 0.372. The Kier molecular flexibility index (Phi) is 6.35. The summed E-state index contributed by atoms with van der Waals surface area (Å²) in [5.41, 5.74) is 5.84. The van der Waals surface area contributed by atoms with Crippen molar-refractivity contribution in [1.82, 2.24) is 9.55 Å². The first-order valence-electron chi connectivity index (χ1n) is 12.5. The molecule has 0 radical (unpaired) electrons. The summed E-state index contributed by atoms with van der Waals surface area (Å²) in [5.74, 6) is 0.783. The molecule has 0 spiro atoms. The van der Waals surface area contributed by atoms with Crippen LogP contribution in [0.2, 0.25) is 0 Å². The van der Waals surface area contributed by atoms with E-state index >= 15 is 0 Å². The first-order valence-corrected chi connectivity index (χ1v) is 12.5. The van der Waals surface area contributed by atoms with Gasteiger partial charge < -0.3 is 14.4 Å².